The van der Waals surface area contributed by atoms with Crippen molar-refractivity contribution in [2.75, 3.05) is 0 Å². The maximum absolute atomic E-state index is 12.3. The van der Waals surface area contributed by atoms with Crippen molar-refractivity contribution in [3.8, 4) is 0 Å². The molecular formula is C15H15NO4S. The second kappa shape index (κ2) is 6.07. The monoisotopic (exact) mass is 305 g/mol. The Morgan fingerprint density at radius 3 is 2.52 bits per heavy atom. The highest BCUT2D eigenvalue weighted by atomic mass is 32.2. The first-order valence-corrected chi connectivity index (χ1v) is 7.77. The van der Waals surface area contributed by atoms with Gasteiger partial charge in [0, 0.05) is 0 Å². The molecule has 5 nitrogen and oxygen atoms in total. The zero-order valence-corrected chi connectivity index (χ0v) is 12.0. The van der Waals surface area contributed by atoms with E-state index in [0.717, 1.165) is 10.8 Å². The van der Waals surface area contributed by atoms with Gasteiger partial charge in [0.1, 0.15) is 6.04 Å². The van der Waals surface area contributed by atoms with E-state index in [0.29, 0.717) is 0 Å². The first kappa shape index (κ1) is 15.2. The van der Waals surface area contributed by atoms with Gasteiger partial charge < -0.3 is 5.11 Å². The maximum atomic E-state index is 12.3. The SMILES string of the molecule is C=CCC(NS(=O)(=O)c1ccc2ccccc2c1)C(=O)O. The standard InChI is InChI=1S/C15H15NO4S/c1-2-5-14(15(17)18)16-21(19,20)13-9-8-11-6-3-4-7-12(11)10-13/h2-4,6-10,14,16H,1,5H2,(H,17,18). The number of fused-ring (bicyclic) bond motifs is 1. The molecule has 2 aromatic carbocycles. The Balaban J connectivity index is 2.36. The van der Waals surface area contributed by atoms with Crippen LogP contribution in [0.5, 0.6) is 0 Å². The van der Waals surface area contributed by atoms with Crippen molar-refractivity contribution in [3.05, 3.63) is 55.1 Å². The van der Waals surface area contributed by atoms with Crippen molar-refractivity contribution in [2.24, 2.45) is 0 Å². The molecule has 0 saturated heterocycles. The molecule has 6 heteroatoms. The number of hydrogen-bond acceptors (Lipinski definition) is 3. The van der Waals surface area contributed by atoms with E-state index in [1.165, 1.54) is 18.2 Å². The number of aliphatic carboxylic acids is 1. The van der Waals surface area contributed by atoms with Gasteiger partial charge in [-0.3, -0.25) is 4.79 Å². The average molecular weight is 305 g/mol. The van der Waals surface area contributed by atoms with Crippen LogP contribution in [0.15, 0.2) is 60.0 Å². The molecule has 0 bridgehead atoms. The highest BCUT2D eigenvalue weighted by Crippen LogP contribution is 2.19. The topological polar surface area (TPSA) is 83.5 Å². The van der Waals surface area contributed by atoms with Crippen LogP contribution < -0.4 is 4.72 Å². The Bertz CT molecular complexity index is 783. The lowest BCUT2D eigenvalue weighted by Gasteiger charge is -2.13. The molecule has 0 fully saturated rings. The summed E-state index contributed by atoms with van der Waals surface area (Å²) in [5.74, 6) is -1.24. The molecule has 0 spiro atoms. The molecule has 0 radical (unpaired) electrons. The zero-order valence-electron chi connectivity index (χ0n) is 11.2. The summed E-state index contributed by atoms with van der Waals surface area (Å²) in [5.41, 5.74) is 0. The van der Waals surface area contributed by atoms with Gasteiger partial charge in [0.2, 0.25) is 10.0 Å². The Morgan fingerprint density at radius 2 is 1.90 bits per heavy atom. The predicted octanol–water partition coefficient (Wildman–Crippen LogP) is 2.15. The highest BCUT2D eigenvalue weighted by Gasteiger charge is 2.24. The number of carbonyl (C=O) groups is 1. The molecule has 1 unspecified atom stereocenters. The van der Waals surface area contributed by atoms with Crippen LogP contribution in [0.3, 0.4) is 0 Å². The summed E-state index contributed by atoms with van der Waals surface area (Å²) in [4.78, 5) is 11.1. The number of hydrogen-bond donors (Lipinski definition) is 2. The van der Waals surface area contributed by atoms with Crippen LogP contribution >= 0.6 is 0 Å². The summed E-state index contributed by atoms with van der Waals surface area (Å²) in [6, 6.07) is 10.8. The van der Waals surface area contributed by atoms with Gasteiger partial charge in [-0.05, 0) is 29.3 Å². The zero-order chi connectivity index (χ0) is 15.5. The fourth-order valence-corrected chi connectivity index (χ4v) is 3.19. The van der Waals surface area contributed by atoms with Gasteiger partial charge in [-0.1, -0.05) is 36.4 Å². The molecule has 21 heavy (non-hydrogen) atoms. The summed E-state index contributed by atoms with van der Waals surface area (Å²) in [5, 5.41) is 10.7. The summed E-state index contributed by atoms with van der Waals surface area (Å²) in [6.45, 7) is 3.43. The minimum absolute atomic E-state index is 0.0160. The third-order valence-corrected chi connectivity index (χ3v) is 4.50. The minimum atomic E-state index is -3.90. The van der Waals surface area contributed by atoms with E-state index in [1.807, 2.05) is 18.2 Å². The fourth-order valence-electron chi connectivity index (χ4n) is 1.96. The van der Waals surface area contributed by atoms with Gasteiger partial charge in [-0.15, -0.1) is 6.58 Å². The van der Waals surface area contributed by atoms with Gasteiger partial charge >= 0.3 is 5.97 Å². The molecule has 0 saturated carbocycles. The van der Waals surface area contributed by atoms with Crippen molar-refractivity contribution < 1.29 is 18.3 Å². The Hall–Kier alpha value is -2.18. The average Bonchev–Trinajstić information content (AvgIpc) is 2.46. The van der Waals surface area contributed by atoms with Crippen molar-refractivity contribution >= 4 is 26.8 Å². The molecule has 110 valence electrons. The Kier molecular flexibility index (Phi) is 4.40. The smallest absolute Gasteiger partial charge is 0.322 e. The number of carboxylic acids is 1. The van der Waals surface area contributed by atoms with Crippen LogP contribution in [0, 0.1) is 0 Å². The number of benzene rings is 2. The molecule has 2 aromatic rings. The molecule has 0 aliphatic carbocycles. The van der Waals surface area contributed by atoms with Crippen molar-refractivity contribution in [1.82, 2.24) is 4.72 Å². The quantitative estimate of drug-likeness (QED) is 0.801. The number of sulfonamides is 1. The maximum Gasteiger partial charge on any atom is 0.322 e. The lowest BCUT2D eigenvalue weighted by Crippen LogP contribution is -2.40. The molecule has 2 rings (SSSR count). The number of nitrogens with one attached hydrogen (secondary N) is 1. The van der Waals surface area contributed by atoms with E-state index in [9.17, 15) is 13.2 Å². The minimum Gasteiger partial charge on any atom is -0.480 e. The predicted molar refractivity (Wildman–Crippen MR) is 80.5 cm³/mol. The van der Waals surface area contributed by atoms with Crippen LogP contribution in [-0.4, -0.2) is 25.5 Å². The van der Waals surface area contributed by atoms with E-state index < -0.39 is 22.0 Å². The van der Waals surface area contributed by atoms with E-state index in [4.69, 9.17) is 5.11 Å². The Labute approximate surface area is 123 Å². The van der Waals surface area contributed by atoms with Gasteiger partial charge in [-0.2, -0.15) is 4.72 Å². The van der Waals surface area contributed by atoms with Crippen LogP contribution in [0.25, 0.3) is 10.8 Å². The van der Waals surface area contributed by atoms with Gasteiger partial charge in [0.15, 0.2) is 0 Å². The second-order valence-corrected chi connectivity index (χ2v) is 6.26. The summed E-state index contributed by atoms with van der Waals surface area (Å²) >= 11 is 0. The summed E-state index contributed by atoms with van der Waals surface area (Å²) in [7, 11) is -3.90. The molecule has 0 aliphatic rings. The molecular weight excluding hydrogens is 290 g/mol. The fraction of sp³-hybridized carbons (Fsp3) is 0.133. The van der Waals surface area contributed by atoms with Crippen molar-refractivity contribution in [3.63, 3.8) is 0 Å². The highest BCUT2D eigenvalue weighted by molar-refractivity contribution is 7.89. The van der Waals surface area contributed by atoms with Gasteiger partial charge in [0.05, 0.1) is 4.90 Å². The lowest BCUT2D eigenvalue weighted by atomic mass is 10.1. The third-order valence-electron chi connectivity index (χ3n) is 3.03. The molecule has 0 aliphatic heterocycles. The second-order valence-electron chi connectivity index (χ2n) is 4.55. The van der Waals surface area contributed by atoms with Crippen molar-refractivity contribution in [1.29, 1.82) is 0 Å². The number of rotatable bonds is 6. The Morgan fingerprint density at radius 1 is 1.24 bits per heavy atom. The molecule has 0 amide bonds. The van der Waals surface area contributed by atoms with Crippen LogP contribution in [0.2, 0.25) is 0 Å². The largest absolute Gasteiger partial charge is 0.480 e. The first-order valence-electron chi connectivity index (χ1n) is 6.29. The van der Waals surface area contributed by atoms with Crippen LogP contribution in [0.4, 0.5) is 0 Å². The molecule has 0 heterocycles. The van der Waals surface area contributed by atoms with Crippen molar-refractivity contribution in [2.45, 2.75) is 17.4 Å². The molecule has 0 aromatic heterocycles. The van der Waals surface area contributed by atoms with Crippen LogP contribution in [-0.2, 0) is 14.8 Å². The van der Waals surface area contributed by atoms with Gasteiger partial charge in [-0.25, -0.2) is 8.42 Å². The lowest BCUT2D eigenvalue weighted by molar-refractivity contribution is -0.138. The third kappa shape index (κ3) is 3.48. The first-order chi connectivity index (χ1) is 9.94. The summed E-state index contributed by atoms with van der Waals surface area (Å²) in [6.07, 6.45) is 1.38. The van der Waals surface area contributed by atoms with Gasteiger partial charge in [0.25, 0.3) is 0 Å². The van der Waals surface area contributed by atoms with E-state index in [1.54, 1.807) is 12.1 Å². The van der Waals surface area contributed by atoms with Crippen LogP contribution in [0.1, 0.15) is 6.42 Å². The van der Waals surface area contributed by atoms with E-state index >= 15 is 0 Å². The van der Waals surface area contributed by atoms with E-state index in [2.05, 4.69) is 11.3 Å². The normalized spacial score (nSPS) is 13.0. The number of carboxylic acid groups (broad SMARTS) is 1. The molecule has 1 atom stereocenters. The molecule has 2 N–H and O–H groups in total. The van der Waals surface area contributed by atoms with E-state index in [-0.39, 0.29) is 11.3 Å². The summed E-state index contributed by atoms with van der Waals surface area (Å²) < 4.78 is 26.7.